The van der Waals surface area contributed by atoms with Gasteiger partial charge in [-0.15, -0.1) is 0 Å². The van der Waals surface area contributed by atoms with Gasteiger partial charge in [0.25, 0.3) is 0 Å². The number of nitrogens with one attached hydrogen (secondary N) is 1. The zero-order valence-corrected chi connectivity index (χ0v) is 18.0. The highest BCUT2D eigenvalue weighted by molar-refractivity contribution is 5.85. The van der Waals surface area contributed by atoms with E-state index in [1.54, 1.807) is 39.7 Å². The second kappa shape index (κ2) is 10.3. The molecule has 1 aromatic carbocycles. The molecule has 0 radical (unpaired) electrons. The van der Waals surface area contributed by atoms with Gasteiger partial charge < -0.3 is 24.8 Å². The molecule has 0 heterocycles. The van der Waals surface area contributed by atoms with Crippen LogP contribution in [-0.4, -0.2) is 53.4 Å². The Morgan fingerprint density at radius 2 is 1.71 bits per heavy atom. The lowest BCUT2D eigenvalue weighted by atomic mass is 10.0. The molecule has 2 amide bonds. The summed E-state index contributed by atoms with van der Waals surface area (Å²) in [4.78, 5) is 26.7. The monoisotopic (exact) mass is 394 g/mol. The van der Waals surface area contributed by atoms with Gasteiger partial charge in [-0.25, -0.2) is 4.79 Å². The van der Waals surface area contributed by atoms with E-state index in [0.29, 0.717) is 6.54 Å². The second-order valence-corrected chi connectivity index (χ2v) is 8.18. The first-order chi connectivity index (χ1) is 13.0. The van der Waals surface area contributed by atoms with Crippen LogP contribution in [0.2, 0.25) is 0 Å². The SMILES string of the molecule is COc1ccc(CN(C(=O)C(C)NC(=O)OC(C)(C)C)[C@H](CO)C(C)C)cc1. The van der Waals surface area contributed by atoms with E-state index in [0.717, 1.165) is 11.3 Å². The van der Waals surface area contributed by atoms with Crippen molar-refractivity contribution in [2.24, 2.45) is 5.92 Å². The van der Waals surface area contributed by atoms with Crippen LogP contribution in [-0.2, 0) is 16.1 Å². The van der Waals surface area contributed by atoms with Gasteiger partial charge in [-0.1, -0.05) is 26.0 Å². The smallest absolute Gasteiger partial charge is 0.408 e. The summed E-state index contributed by atoms with van der Waals surface area (Å²) < 4.78 is 10.4. The number of amides is 2. The van der Waals surface area contributed by atoms with Gasteiger partial charge in [0.15, 0.2) is 0 Å². The van der Waals surface area contributed by atoms with Crippen LogP contribution in [0.25, 0.3) is 0 Å². The minimum atomic E-state index is -0.791. The predicted molar refractivity (Wildman–Crippen MR) is 108 cm³/mol. The number of aliphatic hydroxyl groups is 1. The Hall–Kier alpha value is -2.28. The van der Waals surface area contributed by atoms with Crippen molar-refractivity contribution in [1.29, 1.82) is 0 Å². The van der Waals surface area contributed by atoms with Crippen molar-refractivity contribution >= 4 is 12.0 Å². The Kier molecular flexibility index (Phi) is 8.75. The molecule has 2 atom stereocenters. The maximum Gasteiger partial charge on any atom is 0.408 e. The molecule has 0 aliphatic carbocycles. The number of carbonyl (C=O) groups excluding carboxylic acids is 2. The number of aliphatic hydroxyl groups excluding tert-OH is 1. The largest absolute Gasteiger partial charge is 0.497 e. The van der Waals surface area contributed by atoms with Crippen molar-refractivity contribution in [1.82, 2.24) is 10.2 Å². The Labute approximate surface area is 168 Å². The number of carbonyl (C=O) groups is 2. The Bertz CT molecular complexity index is 637. The van der Waals surface area contributed by atoms with Gasteiger partial charge in [0.2, 0.25) is 5.91 Å². The maximum absolute atomic E-state index is 13.1. The summed E-state index contributed by atoms with van der Waals surface area (Å²) in [5, 5.41) is 12.5. The molecular weight excluding hydrogens is 360 g/mol. The molecule has 1 rings (SSSR count). The molecule has 0 fully saturated rings. The fourth-order valence-electron chi connectivity index (χ4n) is 2.75. The van der Waals surface area contributed by atoms with Crippen LogP contribution in [0, 0.1) is 5.92 Å². The zero-order valence-electron chi connectivity index (χ0n) is 18.0. The van der Waals surface area contributed by atoms with Gasteiger partial charge in [-0.2, -0.15) is 0 Å². The first-order valence-corrected chi connectivity index (χ1v) is 9.52. The van der Waals surface area contributed by atoms with Crippen LogP contribution in [0.5, 0.6) is 5.75 Å². The molecule has 7 heteroatoms. The van der Waals surface area contributed by atoms with Crippen LogP contribution in [0.1, 0.15) is 47.1 Å². The molecule has 2 N–H and O–H groups in total. The van der Waals surface area contributed by atoms with E-state index in [2.05, 4.69) is 5.32 Å². The minimum absolute atomic E-state index is 0.0425. The van der Waals surface area contributed by atoms with Crippen molar-refractivity contribution in [3.63, 3.8) is 0 Å². The van der Waals surface area contributed by atoms with E-state index in [9.17, 15) is 14.7 Å². The summed E-state index contributed by atoms with van der Waals surface area (Å²) in [5.74, 6) is 0.486. The molecule has 0 saturated carbocycles. The third kappa shape index (κ3) is 7.38. The number of benzene rings is 1. The molecule has 0 aliphatic rings. The molecule has 7 nitrogen and oxygen atoms in total. The fraction of sp³-hybridized carbons (Fsp3) is 0.619. The summed E-state index contributed by atoms with van der Waals surface area (Å²) in [6, 6.07) is 6.23. The number of rotatable bonds is 8. The minimum Gasteiger partial charge on any atom is -0.497 e. The third-order valence-electron chi connectivity index (χ3n) is 4.26. The molecule has 0 aliphatic heterocycles. The van der Waals surface area contributed by atoms with E-state index in [4.69, 9.17) is 9.47 Å². The van der Waals surface area contributed by atoms with Crippen LogP contribution in [0.3, 0.4) is 0 Å². The number of hydrogen-bond acceptors (Lipinski definition) is 5. The van der Waals surface area contributed by atoms with Crippen molar-refractivity contribution < 1.29 is 24.2 Å². The molecule has 28 heavy (non-hydrogen) atoms. The lowest BCUT2D eigenvalue weighted by Crippen LogP contribution is -2.53. The normalized spacial score (nSPS) is 13.6. The topological polar surface area (TPSA) is 88.1 Å². The van der Waals surface area contributed by atoms with Crippen molar-refractivity contribution in [3.8, 4) is 5.75 Å². The Morgan fingerprint density at radius 3 is 2.14 bits per heavy atom. The van der Waals surface area contributed by atoms with Crippen LogP contribution in [0.4, 0.5) is 4.79 Å². The lowest BCUT2D eigenvalue weighted by molar-refractivity contribution is -0.138. The van der Waals surface area contributed by atoms with Gasteiger partial charge in [0, 0.05) is 6.54 Å². The first kappa shape index (κ1) is 23.8. The Morgan fingerprint density at radius 1 is 1.14 bits per heavy atom. The van der Waals surface area contributed by atoms with Crippen molar-refractivity contribution in [2.75, 3.05) is 13.7 Å². The number of nitrogens with zero attached hydrogens (tertiary/aromatic N) is 1. The van der Waals surface area contributed by atoms with Crippen LogP contribution < -0.4 is 10.1 Å². The summed E-state index contributed by atoms with van der Waals surface area (Å²) in [5.41, 5.74) is 0.249. The zero-order chi connectivity index (χ0) is 21.5. The average molecular weight is 395 g/mol. The second-order valence-electron chi connectivity index (χ2n) is 8.18. The number of ether oxygens (including phenoxy) is 2. The van der Waals surface area contributed by atoms with Crippen molar-refractivity contribution in [2.45, 2.75) is 65.8 Å². The van der Waals surface area contributed by atoms with E-state index in [-0.39, 0.29) is 24.5 Å². The molecule has 1 aromatic rings. The number of hydrogen-bond donors (Lipinski definition) is 2. The van der Waals surface area contributed by atoms with E-state index >= 15 is 0 Å². The van der Waals surface area contributed by atoms with Crippen LogP contribution >= 0.6 is 0 Å². The highest BCUT2D eigenvalue weighted by Crippen LogP contribution is 2.19. The summed E-state index contributed by atoms with van der Waals surface area (Å²) in [6.07, 6.45) is -0.650. The quantitative estimate of drug-likeness (QED) is 0.708. The van der Waals surface area contributed by atoms with E-state index in [1.165, 1.54) is 0 Å². The third-order valence-corrected chi connectivity index (χ3v) is 4.26. The van der Waals surface area contributed by atoms with Gasteiger partial charge in [-0.05, 0) is 51.3 Å². The van der Waals surface area contributed by atoms with Gasteiger partial charge in [-0.3, -0.25) is 4.79 Å². The van der Waals surface area contributed by atoms with Gasteiger partial charge in [0.1, 0.15) is 17.4 Å². The molecule has 0 saturated heterocycles. The van der Waals surface area contributed by atoms with Crippen molar-refractivity contribution in [3.05, 3.63) is 29.8 Å². The highest BCUT2D eigenvalue weighted by Gasteiger charge is 2.30. The molecule has 0 spiro atoms. The molecular formula is C21H34N2O5. The molecule has 158 valence electrons. The van der Waals surface area contributed by atoms with E-state index < -0.39 is 17.7 Å². The average Bonchev–Trinajstić information content (AvgIpc) is 2.59. The van der Waals surface area contributed by atoms with Gasteiger partial charge >= 0.3 is 6.09 Å². The summed E-state index contributed by atoms with van der Waals surface area (Å²) in [7, 11) is 1.59. The summed E-state index contributed by atoms with van der Waals surface area (Å²) >= 11 is 0. The van der Waals surface area contributed by atoms with Gasteiger partial charge in [0.05, 0.1) is 19.8 Å². The fourth-order valence-corrected chi connectivity index (χ4v) is 2.75. The van der Waals surface area contributed by atoms with Crippen LogP contribution in [0.15, 0.2) is 24.3 Å². The highest BCUT2D eigenvalue weighted by atomic mass is 16.6. The lowest BCUT2D eigenvalue weighted by Gasteiger charge is -2.35. The maximum atomic E-state index is 13.1. The van der Waals surface area contributed by atoms with E-state index in [1.807, 2.05) is 38.1 Å². The molecule has 0 aromatic heterocycles. The Balaban J connectivity index is 2.99. The number of methoxy groups -OCH3 is 1. The molecule has 1 unspecified atom stereocenters. The number of alkyl carbamates (subject to hydrolysis) is 1. The molecule has 0 bridgehead atoms. The predicted octanol–water partition coefficient (Wildman–Crippen LogP) is 2.95. The standard InChI is InChI=1S/C21H34N2O5/c1-14(2)18(13-24)23(12-16-8-10-17(27-7)11-9-16)19(25)15(3)22-20(26)28-21(4,5)6/h8-11,14-15,18,24H,12-13H2,1-7H3,(H,22,26)/t15?,18-/m1/s1. The summed E-state index contributed by atoms with van der Waals surface area (Å²) in [6.45, 7) is 10.9. The first-order valence-electron chi connectivity index (χ1n) is 9.52.